The van der Waals surface area contributed by atoms with Crippen molar-refractivity contribution >= 4 is 16.9 Å². The highest BCUT2D eigenvalue weighted by Gasteiger charge is 2.48. The summed E-state index contributed by atoms with van der Waals surface area (Å²) in [6, 6.07) is 0. The van der Waals surface area contributed by atoms with E-state index in [-0.39, 0.29) is 5.75 Å². The molecule has 0 spiro atoms. The Morgan fingerprint density at radius 3 is 2.24 bits per heavy atom. The van der Waals surface area contributed by atoms with Crippen molar-refractivity contribution in [3.8, 4) is 0 Å². The van der Waals surface area contributed by atoms with E-state index in [2.05, 4.69) is 0 Å². The van der Waals surface area contributed by atoms with Crippen molar-refractivity contribution in [2.45, 2.75) is 37.8 Å². The van der Waals surface area contributed by atoms with E-state index in [1.807, 2.05) is 0 Å². The van der Waals surface area contributed by atoms with Crippen molar-refractivity contribution in [3.05, 3.63) is 0 Å². The summed E-state index contributed by atoms with van der Waals surface area (Å²) in [6.45, 7) is -0.858. The number of thioether (sulfide) groups is 1. The zero-order valence-electron chi connectivity index (χ0n) is 8.99. The summed E-state index contributed by atoms with van der Waals surface area (Å²) in [6.07, 6.45) is -6.26. The fourth-order valence-corrected chi connectivity index (χ4v) is 1.69. The number of halogens is 6. The second-order valence-corrected chi connectivity index (χ2v) is 4.78. The summed E-state index contributed by atoms with van der Waals surface area (Å²) in [4.78, 5) is 10.4. The van der Waals surface area contributed by atoms with Gasteiger partial charge in [-0.3, -0.25) is 4.79 Å². The summed E-state index contributed by atoms with van der Waals surface area (Å²) >= 11 is 0.567. The van der Waals surface area contributed by atoms with Gasteiger partial charge in [0, 0.05) is 19.1 Å². The Bertz CT molecular complexity index is 258. The monoisotopic (exact) mass is 282 g/mol. The van der Waals surface area contributed by atoms with E-state index >= 15 is 0 Å². The Morgan fingerprint density at radius 2 is 1.82 bits per heavy atom. The highest BCUT2D eigenvalue weighted by atomic mass is 32.2. The standard InChI is InChI=1S/C9H12F6OS/c1-6(16)17-3-2-8(12,13)5-9(14,15)7(11)4-10/h7H,2-5H2,1H3. The number of carbonyl (C=O) groups excluding carboxylic acids is 1. The van der Waals surface area contributed by atoms with E-state index in [4.69, 9.17) is 0 Å². The van der Waals surface area contributed by atoms with Gasteiger partial charge in [-0.05, 0) is 0 Å². The van der Waals surface area contributed by atoms with Crippen LogP contribution in [0.15, 0.2) is 0 Å². The van der Waals surface area contributed by atoms with Gasteiger partial charge in [0.25, 0.3) is 11.8 Å². The molecular weight excluding hydrogens is 270 g/mol. The minimum atomic E-state index is -4.40. The van der Waals surface area contributed by atoms with Crippen LogP contribution in [0.5, 0.6) is 0 Å². The summed E-state index contributed by atoms with van der Waals surface area (Å²) in [7, 11) is 0. The van der Waals surface area contributed by atoms with Crippen LogP contribution < -0.4 is 0 Å². The summed E-state index contributed by atoms with van der Waals surface area (Å²) in [5.74, 6) is -8.57. The fraction of sp³-hybridized carbons (Fsp3) is 0.889. The first-order valence-electron chi connectivity index (χ1n) is 4.70. The molecule has 1 nitrogen and oxygen atoms in total. The van der Waals surface area contributed by atoms with Crippen molar-refractivity contribution in [1.29, 1.82) is 0 Å². The van der Waals surface area contributed by atoms with Gasteiger partial charge < -0.3 is 0 Å². The molecule has 0 N–H and O–H groups in total. The van der Waals surface area contributed by atoms with Crippen LogP contribution in [0.1, 0.15) is 19.8 Å². The highest BCUT2D eigenvalue weighted by Crippen LogP contribution is 2.37. The van der Waals surface area contributed by atoms with Crippen LogP contribution >= 0.6 is 11.8 Å². The van der Waals surface area contributed by atoms with Crippen LogP contribution in [0, 0.1) is 0 Å². The van der Waals surface area contributed by atoms with Gasteiger partial charge in [0.05, 0.1) is 6.42 Å². The summed E-state index contributed by atoms with van der Waals surface area (Å²) < 4.78 is 75.4. The highest BCUT2D eigenvalue weighted by molar-refractivity contribution is 8.13. The van der Waals surface area contributed by atoms with E-state index in [1.165, 1.54) is 0 Å². The first-order valence-corrected chi connectivity index (χ1v) is 5.68. The largest absolute Gasteiger partial charge is 0.288 e. The third-order valence-corrected chi connectivity index (χ3v) is 2.68. The Hall–Kier alpha value is -0.400. The lowest BCUT2D eigenvalue weighted by Gasteiger charge is -2.24. The van der Waals surface area contributed by atoms with Crippen molar-refractivity contribution in [2.24, 2.45) is 0 Å². The van der Waals surface area contributed by atoms with E-state index in [0.717, 1.165) is 6.92 Å². The van der Waals surface area contributed by atoms with Gasteiger partial charge in [-0.2, -0.15) is 0 Å². The third-order valence-electron chi connectivity index (χ3n) is 1.86. The molecule has 0 aromatic rings. The van der Waals surface area contributed by atoms with Crippen molar-refractivity contribution in [3.63, 3.8) is 0 Å². The van der Waals surface area contributed by atoms with Crippen LogP contribution in [-0.2, 0) is 4.79 Å². The number of carbonyl (C=O) groups is 1. The predicted molar refractivity (Wildman–Crippen MR) is 53.1 cm³/mol. The zero-order valence-corrected chi connectivity index (χ0v) is 9.81. The maximum Gasteiger partial charge on any atom is 0.287 e. The molecule has 0 aliphatic carbocycles. The van der Waals surface area contributed by atoms with Gasteiger partial charge in [-0.15, -0.1) is 0 Å². The van der Waals surface area contributed by atoms with Gasteiger partial charge in [0.1, 0.15) is 6.67 Å². The maximum atomic E-state index is 13.0. The molecule has 102 valence electrons. The molecule has 0 aliphatic rings. The zero-order chi connectivity index (χ0) is 13.7. The molecule has 1 unspecified atom stereocenters. The molecule has 0 bridgehead atoms. The molecule has 0 amide bonds. The van der Waals surface area contributed by atoms with Crippen LogP contribution in [-0.4, -0.2) is 35.6 Å². The summed E-state index contributed by atoms with van der Waals surface area (Å²) in [5.41, 5.74) is 0. The summed E-state index contributed by atoms with van der Waals surface area (Å²) in [5, 5.41) is -0.417. The first kappa shape index (κ1) is 16.6. The van der Waals surface area contributed by atoms with E-state index in [1.54, 1.807) is 0 Å². The number of alkyl halides is 6. The minimum Gasteiger partial charge on any atom is -0.288 e. The van der Waals surface area contributed by atoms with Gasteiger partial charge in [0.2, 0.25) is 0 Å². The Morgan fingerprint density at radius 1 is 1.29 bits per heavy atom. The first-order chi connectivity index (χ1) is 7.60. The molecule has 1 atom stereocenters. The molecule has 0 saturated carbocycles. The molecule has 0 saturated heterocycles. The average molecular weight is 282 g/mol. The smallest absolute Gasteiger partial charge is 0.287 e. The molecule has 0 aromatic heterocycles. The van der Waals surface area contributed by atoms with Gasteiger partial charge >= 0.3 is 0 Å². The molecule has 0 aromatic carbocycles. The molecule has 17 heavy (non-hydrogen) atoms. The van der Waals surface area contributed by atoms with Gasteiger partial charge in [-0.25, -0.2) is 26.3 Å². The normalized spacial score (nSPS) is 14.8. The molecule has 0 heterocycles. The fourth-order valence-electron chi connectivity index (χ4n) is 1.00. The lowest BCUT2D eigenvalue weighted by atomic mass is 10.0. The number of rotatable bonds is 7. The molecule has 0 fully saturated rings. The number of hydrogen-bond acceptors (Lipinski definition) is 2. The maximum absolute atomic E-state index is 13.0. The molecular formula is C9H12F6OS. The molecule has 0 radical (unpaired) electrons. The lowest BCUT2D eigenvalue weighted by Crippen LogP contribution is -2.38. The van der Waals surface area contributed by atoms with Crippen molar-refractivity contribution in [1.82, 2.24) is 0 Å². The second kappa shape index (κ2) is 6.51. The van der Waals surface area contributed by atoms with Crippen LogP contribution in [0.3, 0.4) is 0 Å². The van der Waals surface area contributed by atoms with E-state index in [0.29, 0.717) is 11.8 Å². The second-order valence-electron chi connectivity index (χ2n) is 3.51. The van der Waals surface area contributed by atoms with Gasteiger partial charge in [0.15, 0.2) is 11.3 Å². The quantitative estimate of drug-likeness (QED) is 0.663. The Labute approximate surface area is 98.9 Å². The Kier molecular flexibility index (Phi) is 6.36. The molecule has 0 aliphatic heterocycles. The minimum absolute atomic E-state index is 0.342. The van der Waals surface area contributed by atoms with E-state index in [9.17, 15) is 31.1 Å². The SMILES string of the molecule is CC(=O)SCCC(F)(F)CC(F)(F)C(F)CF. The van der Waals surface area contributed by atoms with Crippen molar-refractivity contribution in [2.75, 3.05) is 12.4 Å². The van der Waals surface area contributed by atoms with Crippen LogP contribution in [0.25, 0.3) is 0 Å². The van der Waals surface area contributed by atoms with Crippen molar-refractivity contribution < 1.29 is 31.1 Å². The lowest BCUT2D eigenvalue weighted by molar-refractivity contribution is -0.149. The topological polar surface area (TPSA) is 17.1 Å². The van der Waals surface area contributed by atoms with Crippen LogP contribution in [0.4, 0.5) is 26.3 Å². The van der Waals surface area contributed by atoms with E-state index < -0.39 is 42.6 Å². The van der Waals surface area contributed by atoms with Gasteiger partial charge in [-0.1, -0.05) is 11.8 Å². The molecule has 0 rings (SSSR count). The third kappa shape index (κ3) is 6.80. The predicted octanol–water partition coefficient (Wildman–Crippen LogP) is 3.62. The Balaban J connectivity index is 4.27. The van der Waals surface area contributed by atoms with Crippen LogP contribution in [0.2, 0.25) is 0 Å². The number of hydrogen-bond donors (Lipinski definition) is 0. The molecule has 8 heteroatoms. The average Bonchev–Trinajstić information content (AvgIpc) is 2.13.